The first kappa shape index (κ1) is 16.4. The lowest BCUT2D eigenvalue weighted by Gasteiger charge is -2.35. The predicted octanol–water partition coefficient (Wildman–Crippen LogP) is 3.61. The van der Waals surface area contributed by atoms with Crippen LogP contribution in [0.5, 0.6) is 0 Å². The Hall–Kier alpha value is -0.940. The van der Waals surface area contributed by atoms with Gasteiger partial charge in [0.2, 0.25) is 0 Å². The highest BCUT2D eigenvalue weighted by Crippen LogP contribution is 2.31. The number of piperazine rings is 1. The average molecular weight is 327 g/mol. The molecule has 1 aliphatic rings. The van der Waals surface area contributed by atoms with Crippen molar-refractivity contribution in [3.63, 3.8) is 0 Å². The number of hydrogen-bond donors (Lipinski definition) is 1. The molecular formula is C16H20ClFN2S. The summed E-state index contributed by atoms with van der Waals surface area (Å²) >= 11 is 1.70. The first-order chi connectivity index (χ1) is 9.75. The fourth-order valence-corrected chi connectivity index (χ4v) is 3.44. The van der Waals surface area contributed by atoms with E-state index in [9.17, 15) is 4.39 Å². The van der Waals surface area contributed by atoms with Crippen LogP contribution in [0, 0.1) is 12.7 Å². The summed E-state index contributed by atoms with van der Waals surface area (Å²) in [6, 6.07) is 7.95. The van der Waals surface area contributed by atoms with Gasteiger partial charge in [-0.15, -0.1) is 12.4 Å². The minimum Gasteiger partial charge on any atom is -0.314 e. The number of thiophene rings is 1. The van der Waals surface area contributed by atoms with Gasteiger partial charge in [0.15, 0.2) is 0 Å². The Labute approximate surface area is 135 Å². The van der Waals surface area contributed by atoms with Crippen LogP contribution in [0.15, 0.2) is 35.0 Å². The van der Waals surface area contributed by atoms with Crippen molar-refractivity contribution in [3.05, 3.63) is 57.5 Å². The second-order valence-corrected chi connectivity index (χ2v) is 6.03. The molecular weight excluding hydrogens is 307 g/mol. The maximum atomic E-state index is 13.9. The van der Waals surface area contributed by atoms with Crippen molar-refractivity contribution in [2.45, 2.75) is 13.0 Å². The van der Waals surface area contributed by atoms with Crippen molar-refractivity contribution in [1.82, 2.24) is 10.2 Å². The zero-order chi connectivity index (χ0) is 13.9. The molecule has 1 fully saturated rings. The van der Waals surface area contributed by atoms with Crippen molar-refractivity contribution in [3.8, 4) is 0 Å². The average Bonchev–Trinajstić information content (AvgIpc) is 2.98. The van der Waals surface area contributed by atoms with E-state index in [1.54, 1.807) is 17.4 Å². The van der Waals surface area contributed by atoms with Gasteiger partial charge in [0, 0.05) is 26.2 Å². The molecule has 0 bridgehead atoms. The van der Waals surface area contributed by atoms with E-state index in [-0.39, 0.29) is 24.3 Å². The maximum absolute atomic E-state index is 13.9. The summed E-state index contributed by atoms with van der Waals surface area (Å²) in [5.74, 6) is -0.113. The second kappa shape index (κ2) is 7.36. The molecule has 1 N–H and O–H groups in total. The van der Waals surface area contributed by atoms with Crippen molar-refractivity contribution in [2.24, 2.45) is 0 Å². The Bertz CT molecular complexity index is 568. The van der Waals surface area contributed by atoms with E-state index >= 15 is 0 Å². The number of aryl methyl sites for hydroxylation is 1. The highest BCUT2D eigenvalue weighted by atomic mass is 35.5. The van der Waals surface area contributed by atoms with Crippen LogP contribution in [0.4, 0.5) is 4.39 Å². The van der Waals surface area contributed by atoms with Crippen LogP contribution in [-0.4, -0.2) is 31.1 Å². The van der Waals surface area contributed by atoms with Crippen LogP contribution in [0.3, 0.4) is 0 Å². The van der Waals surface area contributed by atoms with E-state index in [4.69, 9.17) is 0 Å². The van der Waals surface area contributed by atoms with Crippen LogP contribution in [0.1, 0.15) is 22.7 Å². The second-order valence-electron chi connectivity index (χ2n) is 5.25. The Morgan fingerprint density at radius 2 is 1.95 bits per heavy atom. The minimum absolute atomic E-state index is 0. The van der Waals surface area contributed by atoms with Crippen LogP contribution >= 0.6 is 23.7 Å². The standard InChI is InChI=1S/C16H19FN2S.ClH/c1-12-2-3-13(10-15(12)17)16(14-4-9-20-11-14)19-7-5-18-6-8-19;/h2-4,9-11,16,18H,5-8H2,1H3;1H/t16-;/m1./s1. The molecule has 3 rings (SSSR count). The summed E-state index contributed by atoms with van der Waals surface area (Å²) in [6.07, 6.45) is 0. The van der Waals surface area contributed by atoms with Crippen LogP contribution in [0.2, 0.25) is 0 Å². The van der Waals surface area contributed by atoms with Gasteiger partial charge in [-0.1, -0.05) is 12.1 Å². The molecule has 1 atom stereocenters. The first-order valence-corrected chi connectivity index (χ1v) is 7.93. The Morgan fingerprint density at radius 1 is 1.19 bits per heavy atom. The Balaban J connectivity index is 0.00000161. The number of rotatable bonds is 3. The van der Waals surface area contributed by atoms with Crippen molar-refractivity contribution < 1.29 is 4.39 Å². The third kappa shape index (κ3) is 3.64. The molecule has 114 valence electrons. The third-order valence-electron chi connectivity index (χ3n) is 3.89. The SMILES string of the molecule is Cc1ccc([C@H](c2ccsc2)N2CCNCC2)cc1F.Cl. The summed E-state index contributed by atoms with van der Waals surface area (Å²) in [7, 11) is 0. The molecule has 2 heterocycles. The highest BCUT2D eigenvalue weighted by molar-refractivity contribution is 7.08. The molecule has 2 aromatic rings. The summed E-state index contributed by atoms with van der Waals surface area (Å²) in [4.78, 5) is 2.43. The molecule has 0 saturated carbocycles. The van der Waals surface area contributed by atoms with E-state index < -0.39 is 0 Å². The summed E-state index contributed by atoms with van der Waals surface area (Å²) in [5.41, 5.74) is 3.02. The maximum Gasteiger partial charge on any atom is 0.126 e. The van der Waals surface area contributed by atoms with Gasteiger partial charge < -0.3 is 5.32 Å². The van der Waals surface area contributed by atoms with Crippen molar-refractivity contribution in [1.29, 1.82) is 0 Å². The van der Waals surface area contributed by atoms with Crippen LogP contribution < -0.4 is 5.32 Å². The third-order valence-corrected chi connectivity index (χ3v) is 4.59. The molecule has 2 nitrogen and oxygen atoms in total. The van der Waals surface area contributed by atoms with E-state index in [0.717, 1.165) is 31.7 Å². The van der Waals surface area contributed by atoms with Gasteiger partial charge in [-0.05, 0) is 46.5 Å². The molecule has 5 heteroatoms. The topological polar surface area (TPSA) is 15.3 Å². The number of nitrogens with zero attached hydrogens (tertiary/aromatic N) is 1. The lowest BCUT2D eigenvalue weighted by Crippen LogP contribution is -2.45. The molecule has 0 aliphatic carbocycles. The van der Waals surface area contributed by atoms with Gasteiger partial charge in [-0.3, -0.25) is 4.90 Å². The van der Waals surface area contributed by atoms with E-state index in [0.29, 0.717) is 5.56 Å². The van der Waals surface area contributed by atoms with Crippen molar-refractivity contribution in [2.75, 3.05) is 26.2 Å². The molecule has 0 spiro atoms. The summed E-state index contributed by atoms with van der Waals surface area (Å²) in [6.45, 7) is 5.79. The zero-order valence-electron chi connectivity index (χ0n) is 12.0. The fraction of sp³-hybridized carbons (Fsp3) is 0.375. The molecule has 0 radical (unpaired) electrons. The van der Waals surface area contributed by atoms with Gasteiger partial charge in [0.05, 0.1) is 6.04 Å². The first-order valence-electron chi connectivity index (χ1n) is 6.98. The monoisotopic (exact) mass is 326 g/mol. The van der Waals surface area contributed by atoms with Gasteiger partial charge in [0.1, 0.15) is 5.82 Å². The number of halogens is 2. The number of benzene rings is 1. The molecule has 1 aliphatic heterocycles. The highest BCUT2D eigenvalue weighted by Gasteiger charge is 2.24. The predicted molar refractivity (Wildman–Crippen MR) is 89.0 cm³/mol. The van der Waals surface area contributed by atoms with E-state index in [1.165, 1.54) is 5.56 Å². The Morgan fingerprint density at radius 3 is 2.57 bits per heavy atom. The molecule has 1 saturated heterocycles. The quantitative estimate of drug-likeness (QED) is 0.927. The molecule has 1 aromatic carbocycles. The lowest BCUT2D eigenvalue weighted by atomic mass is 9.97. The van der Waals surface area contributed by atoms with Gasteiger partial charge in [-0.2, -0.15) is 11.3 Å². The van der Waals surface area contributed by atoms with Crippen molar-refractivity contribution >= 4 is 23.7 Å². The zero-order valence-corrected chi connectivity index (χ0v) is 13.6. The van der Waals surface area contributed by atoms with E-state index in [1.807, 2.05) is 13.0 Å². The normalized spacial score (nSPS) is 17.2. The molecule has 0 amide bonds. The van der Waals surface area contributed by atoms with E-state index in [2.05, 4.69) is 33.1 Å². The fourth-order valence-electron chi connectivity index (χ4n) is 2.76. The lowest BCUT2D eigenvalue weighted by molar-refractivity contribution is 0.198. The molecule has 0 unspecified atom stereocenters. The minimum atomic E-state index is -0.113. The van der Waals surface area contributed by atoms with Gasteiger partial charge >= 0.3 is 0 Å². The van der Waals surface area contributed by atoms with Gasteiger partial charge in [-0.25, -0.2) is 4.39 Å². The Kier molecular flexibility index (Phi) is 5.76. The largest absolute Gasteiger partial charge is 0.314 e. The molecule has 1 aromatic heterocycles. The smallest absolute Gasteiger partial charge is 0.126 e. The number of nitrogens with one attached hydrogen (secondary N) is 1. The molecule has 21 heavy (non-hydrogen) atoms. The summed E-state index contributed by atoms with van der Waals surface area (Å²) in [5, 5.41) is 7.64. The van der Waals surface area contributed by atoms with Crippen LogP contribution in [0.25, 0.3) is 0 Å². The number of hydrogen-bond acceptors (Lipinski definition) is 3. The van der Waals surface area contributed by atoms with Crippen LogP contribution in [-0.2, 0) is 0 Å². The summed E-state index contributed by atoms with van der Waals surface area (Å²) < 4.78 is 13.9. The van der Waals surface area contributed by atoms with Gasteiger partial charge in [0.25, 0.3) is 0 Å².